The molecule has 0 radical (unpaired) electrons. The van der Waals surface area contributed by atoms with Crippen LogP contribution >= 0.6 is 0 Å². The van der Waals surface area contributed by atoms with Crippen LogP contribution in [0, 0.1) is 5.92 Å². The lowest BCUT2D eigenvalue weighted by Gasteiger charge is -2.27. The molecule has 2 atom stereocenters. The van der Waals surface area contributed by atoms with Crippen LogP contribution in [-0.4, -0.2) is 13.7 Å². The SMILES string of the molecule is CC1CCCC(S(=O)(=O)c2ccc(C(F)(F)F)cc2N)C1. The van der Waals surface area contributed by atoms with Gasteiger partial charge in [-0.1, -0.05) is 19.8 Å². The molecule has 21 heavy (non-hydrogen) atoms. The maximum absolute atomic E-state index is 12.6. The Balaban J connectivity index is 2.37. The minimum atomic E-state index is -4.53. The van der Waals surface area contributed by atoms with E-state index < -0.39 is 26.8 Å². The molecule has 7 heteroatoms. The van der Waals surface area contributed by atoms with E-state index in [2.05, 4.69) is 0 Å². The molecule has 1 aromatic carbocycles. The van der Waals surface area contributed by atoms with Crippen LogP contribution in [0.3, 0.4) is 0 Å². The minimum Gasteiger partial charge on any atom is -0.398 e. The Morgan fingerprint density at radius 1 is 1.24 bits per heavy atom. The van der Waals surface area contributed by atoms with Gasteiger partial charge in [-0.2, -0.15) is 13.2 Å². The fraction of sp³-hybridized carbons (Fsp3) is 0.571. The van der Waals surface area contributed by atoms with Crippen molar-refractivity contribution in [3.05, 3.63) is 23.8 Å². The largest absolute Gasteiger partial charge is 0.416 e. The van der Waals surface area contributed by atoms with Gasteiger partial charge in [-0.25, -0.2) is 8.42 Å². The van der Waals surface area contributed by atoms with E-state index in [1.807, 2.05) is 6.92 Å². The van der Waals surface area contributed by atoms with Gasteiger partial charge in [0.2, 0.25) is 0 Å². The Labute approximate surface area is 122 Å². The first kappa shape index (κ1) is 16.1. The highest BCUT2D eigenvalue weighted by atomic mass is 32.2. The number of sulfone groups is 1. The number of benzene rings is 1. The van der Waals surface area contributed by atoms with Crippen molar-refractivity contribution in [2.75, 3.05) is 5.73 Å². The van der Waals surface area contributed by atoms with E-state index in [1.54, 1.807) is 0 Å². The standard InChI is InChI=1S/C14H18F3NO2S/c1-9-3-2-4-11(7-9)21(19,20)13-6-5-10(8-12(13)18)14(15,16)17/h5-6,8-9,11H,2-4,7,18H2,1H3. The van der Waals surface area contributed by atoms with Gasteiger partial charge < -0.3 is 5.73 Å². The lowest BCUT2D eigenvalue weighted by molar-refractivity contribution is -0.137. The van der Waals surface area contributed by atoms with E-state index in [1.165, 1.54) is 0 Å². The second kappa shape index (κ2) is 5.51. The topological polar surface area (TPSA) is 60.2 Å². The van der Waals surface area contributed by atoms with Crippen molar-refractivity contribution in [1.29, 1.82) is 0 Å². The highest BCUT2D eigenvalue weighted by Gasteiger charge is 2.35. The first-order valence-electron chi connectivity index (χ1n) is 6.83. The number of halogens is 3. The van der Waals surface area contributed by atoms with Crippen molar-refractivity contribution in [3.8, 4) is 0 Å². The van der Waals surface area contributed by atoms with Crippen LogP contribution in [0.5, 0.6) is 0 Å². The zero-order chi connectivity index (χ0) is 15.8. The van der Waals surface area contributed by atoms with Crippen LogP contribution in [0.1, 0.15) is 38.2 Å². The normalized spacial score (nSPS) is 24.0. The minimum absolute atomic E-state index is 0.186. The molecule has 3 nitrogen and oxygen atoms in total. The van der Waals surface area contributed by atoms with Crippen molar-refractivity contribution in [2.24, 2.45) is 5.92 Å². The zero-order valence-electron chi connectivity index (χ0n) is 11.7. The summed E-state index contributed by atoms with van der Waals surface area (Å²) in [5, 5.41) is -0.555. The van der Waals surface area contributed by atoms with Gasteiger partial charge in [0.15, 0.2) is 9.84 Å². The molecule has 1 aliphatic carbocycles. The number of rotatable bonds is 2. The summed E-state index contributed by atoms with van der Waals surface area (Å²) >= 11 is 0. The Morgan fingerprint density at radius 3 is 2.43 bits per heavy atom. The summed E-state index contributed by atoms with van der Waals surface area (Å²) in [6.07, 6.45) is -1.67. The third-order valence-electron chi connectivity index (χ3n) is 3.97. The molecule has 0 heterocycles. The molecule has 1 aromatic rings. The maximum Gasteiger partial charge on any atom is 0.416 e. The van der Waals surface area contributed by atoms with E-state index >= 15 is 0 Å². The molecular formula is C14H18F3NO2S. The summed E-state index contributed by atoms with van der Waals surface area (Å²) in [4.78, 5) is -0.186. The average molecular weight is 321 g/mol. The molecule has 2 unspecified atom stereocenters. The van der Waals surface area contributed by atoms with Gasteiger partial charge in [0, 0.05) is 0 Å². The van der Waals surface area contributed by atoms with Crippen LogP contribution in [0.25, 0.3) is 0 Å². The predicted octanol–water partition coefficient (Wildman–Crippen LogP) is 3.64. The monoisotopic (exact) mass is 321 g/mol. The van der Waals surface area contributed by atoms with E-state index in [-0.39, 0.29) is 10.6 Å². The van der Waals surface area contributed by atoms with Gasteiger partial charge >= 0.3 is 6.18 Å². The summed E-state index contributed by atoms with van der Waals surface area (Å²) in [7, 11) is -3.68. The van der Waals surface area contributed by atoms with E-state index in [4.69, 9.17) is 5.73 Å². The van der Waals surface area contributed by atoms with Crippen molar-refractivity contribution >= 4 is 15.5 Å². The quantitative estimate of drug-likeness (QED) is 0.846. The predicted molar refractivity (Wildman–Crippen MR) is 74.5 cm³/mol. The van der Waals surface area contributed by atoms with Gasteiger partial charge in [-0.05, 0) is 37.0 Å². The fourth-order valence-electron chi connectivity index (χ4n) is 2.82. The van der Waals surface area contributed by atoms with Crippen LogP contribution in [-0.2, 0) is 16.0 Å². The van der Waals surface area contributed by atoms with E-state index in [0.717, 1.165) is 25.0 Å². The van der Waals surface area contributed by atoms with Crippen LogP contribution in [0.2, 0.25) is 0 Å². The van der Waals surface area contributed by atoms with Gasteiger partial charge in [-0.15, -0.1) is 0 Å². The molecule has 0 aliphatic heterocycles. The third kappa shape index (κ3) is 3.33. The first-order valence-corrected chi connectivity index (χ1v) is 8.37. The lowest BCUT2D eigenvalue weighted by atomic mass is 9.91. The number of hydrogen-bond donors (Lipinski definition) is 1. The van der Waals surface area contributed by atoms with E-state index in [0.29, 0.717) is 24.8 Å². The number of nitrogens with two attached hydrogens (primary N) is 1. The second-order valence-corrected chi connectivity index (χ2v) is 7.89. The molecule has 118 valence electrons. The average Bonchev–Trinajstić information content (AvgIpc) is 2.37. The Morgan fingerprint density at radius 2 is 1.90 bits per heavy atom. The molecule has 2 N–H and O–H groups in total. The summed E-state index contributed by atoms with van der Waals surface area (Å²) in [5.41, 5.74) is 4.30. The molecule has 0 aromatic heterocycles. The highest BCUT2D eigenvalue weighted by molar-refractivity contribution is 7.92. The maximum atomic E-state index is 12.6. The Kier molecular flexibility index (Phi) is 4.24. The summed E-state index contributed by atoms with van der Waals surface area (Å²) in [6.45, 7) is 1.98. The number of hydrogen-bond acceptors (Lipinski definition) is 3. The first-order chi connectivity index (χ1) is 9.62. The molecule has 1 saturated carbocycles. The van der Waals surface area contributed by atoms with Crippen molar-refractivity contribution in [3.63, 3.8) is 0 Å². The smallest absolute Gasteiger partial charge is 0.398 e. The van der Waals surface area contributed by atoms with E-state index in [9.17, 15) is 21.6 Å². The summed E-state index contributed by atoms with van der Waals surface area (Å²) in [6, 6.07) is 2.45. The summed E-state index contributed by atoms with van der Waals surface area (Å²) in [5.74, 6) is 0.300. The molecule has 0 spiro atoms. The van der Waals surface area contributed by atoms with Crippen molar-refractivity contribution < 1.29 is 21.6 Å². The van der Waals surface area contributed by atoms with Crippen molar-refractivity contribution in [2.45, 2.75) is 48.9 Å². The molecule has 0 bridgehead atoms. The number of anilines is 1. The molecule has 0 saturated heterocycles. The zero-order valence-corrected chi connectivity index (χ0v) is 12.5. The van der Waals surface area contributed by atoms with Crippen molar-refractivity contribution in [1.82, 2.24) is 0 Å². The summed E-state index contributed by atoms with van der Waals surface area (Å²) < 4.78 is 62.9. The molecular weight excluding hydrogens is 303 g/mol. The fourth-order valence-corrected chi connectivity index (χ4v) is 4.89. The molecule has 2 rings (SSSR count). The second-order valence-electron chi connectivity index (χ2n) is 5.69. The van der Waals surface area contributed by atoms with Gasteiger partial charge in [-0.3, -0.25) is 0 Å². The molecule has 1 fully saturated rings. The Bertz CT molecular complexity index is 626. The molecule has 1 aliphatic rings. The third-order valence-corrected chi connectivity index (χ3v) is 6.26. The van der Waals surface area contributed by atoms with Crippen LogP contribution in [0.15, 0.2) is 23.1 Å². The van der Waals surface area contributed by atoms with Gasteiger partial charge in [0.1, 0.15) is 0 Å². The number of nitrogen functional groups attached to an aromatic ring is 1. The van der Waals surface area contributed by atoms with Gasteiger partial charge in [0.25, 0.3) is 0 Å². The van der Waals surface area contributed by atoms with Crippen LogP contribution < -0.4 is 5.73 Å². The highest BCUT2D eigenvalue weighted by Crippen LogP contribution is 2.36. The molecule has 0 amide bonds. The van der Waals surface area contributed by atoms with Gasteiger partial charge in [0.05, 0.1) is 21.4 Å². The lowest BCUT2D eigenvalue weighted by Crippen LogP contribution is -2.28. The number of alkyl halides is 3. The Hall–Kier alpha value is -1.24. The van der Waals surface area contributed by atoms with Crippen LogP contribution in [0.4, 0.5) is 18.9 Å².